The second-order valence-electron chi connectivity index (χ2n) is 5.81. The van der Waals surface area contributed by atoms with Gasteiger partial charge in [-0.15, -0.1) is 0 Å². The lowest BCUT2D eigenvalue weighted by Gasteiger charge is -2.37. The Morgan fingerprint density at radius 2 is 2.28 bits per heavy atom. The van der Waals surface area contributed by atoms with Crippen molar-refractivity contribution < 1.29 is 4.79 Å². The zero-order valence-corrected chi connectivity index (χ0v) is 12.1. The van der Waals surface area contributed by atoms with Crippen LogP contribution >= 0.6 is 11.6 Å². The van der Waals surface area contributed by atoms with Crippen molar-refractivity contribution in [3.8, 4) is 0 Å². The van der Waals surface area contributed by atoms with Gasteiger partial charge in [-0.05, 0) is 25.2 Å². The quantitative estimate of drug-likeness (QED) is 0.778. The summed E-state index contributed by atoms with van der Waals surface area (Å²) in [4.78, 5) is 12.7. The molecule has 1 heterocycles. The van der Waals surface area contributed by atoms with Crippen LogP contribution in [-0.2, 0) is 6.54 Å². The molecule has 0 radical (unpaired) electrons. The predicted molar refractivity (Wildman–Crippen MR) is 73.0 cm³/mol. The van der Waals surface area contributed by atoms with Gasteiger partial charge in [-0.1, -0.05) is 38.3 Å². The van der Waals surface area contributed by atoms with Gasteiger partial charge in [0.2, 0.25) is 0 Å². The van der Waals surface area contributed by atoms with E-state index in [9.17, 15) is 4.79 Å². The minimum Gasteiger partial charge on any atom is -0.292 e. The van der Waals surface area contributed by atoms with Crippen molar-refractivity contribution in [1.82, 2.24) is 9.78 Å². The van der Waals surface area contributed by atoms with E-state index >= 15 is 0 Å². The lowest BCUT2D eigenvalue weighted by molar-refractivity contribution is 0.0686. The van der Waals surface area contributed by atoms with Crippen LogP contribution in [0.15, 0.2) is 6.20 Å². The molecule has 0 spiro atoms. The molecule has 0 aromatic carbocycles. The van der Waals surface area contributed by atoms with Gasteiger partial charge in [0.25, 0.3) is 0 Å². The molecule has 1 aliphatic carbocycles. The van der Waals surface area contributed by atoms with Crippen molar-refractivity contribution >= 4 is 17.4 Å². The van der Waals surface area contributed by atoms with Crippen LogP contribution in [-0.4, -0.2) is 15.6 Å². The molecule has 1 fully saturated rings. The summed E-state index contributed by atoms with van der Waals surface area (Å²) < 4.78 is 1.72. The summed E-state index contributed by atoms with van der Waals surface area (Å²) in [6.45, 7) is 7.04. The molecule has 1 aliphatic rings. The van der Waals surface area contributed by atoms with Gasteiger partial charge in [0, 0.05) is 12.5 Å². The van der Waals surface area contributed by atoms with Gasteiger partial charge in [-0.25, -0.2) is 0 Å². The van der Waals surface area contributed by atoms with Crippen LogP contribution in [0.4, 0.5) is 0 Å². The fourth-order valence-corrected chi connectivity index (χ4v) is 3.23. The molecule has 0 amide bonds. The Morgan fingerprint density at radius 1 is 1.56 bits per heavy atom. The molecule has 2 rings (SSSR count). The highest BCUT2D eigenvalue weighted by Gasteiger charge is 2.39. The summed E-state index contributed by atoms with van der Waals surface area (Å²) in [5, 5.41) is 4.65. The van der Waals surface area contributed by atoms with Gasteiger partial charge < -0.3 is 0 Å². The van der Waals surface area contributed by atoms with E-state index in [1.807, 2.05) is 6.92 Å². The van der Waals surface area contributed by atoms with Crippen molar-refractivity contribution in [1.29, 1.82) is 0 Å². The first-order chi connectivity index (χ1) is 8.47. The van der Waals surface area contributed by atoms with Crippen LogP contribution < -0.4 is 0 Å². The smallest absolute Gasteiger partial charge is 0.185 e. The largest absolute Gasteiger partial charge is 0.292 e. The first kappa shape index (κ1) is 13.6. The maximum Gasteiger partial charge on any atom is 0.185 e. The highest BCUT2D eigenvalue weighted by molar-refractivity contribution is 6.33. The average Bonchev–Trinajstić information content (AvgIpc) is 2.69. The topological polar surface area (TPSA) is 34.9 Å². The second kappa shape index (κ2) is 5.04. The van der Waals surface area contributed by atoms with Crippen LogP contribution in [0.25, 0.3) is 0 Å². The number of carbonyl (C=O) groups excluding carboxylic acids is 1. The Labute approximate surface area is 114 Å². The van der Waals surface area contributed by atoms with E-state index in [4.69, 9.17) is 11.6 Å². The molecule has 1 aromatic heterocycles. The number of aromatic nitrogens is 2. The Bertz CT molecular complexity index is 451. The average molecular weight is 269 g/mol. The molecule has 1 atom stereocenters. The number of aryl methyl sites for hydroxylation is 1. The number of hydrogen-bond acceptors (Lipinski definition) is 2. The number of hydrogen-bond donors (Lipinski definition) is 0. The van der Waals surface area contributed by atoms with Crippen molar-refractivity contribution in [3.05, 3.63) is 16.9 Å². The third-order valence-corrected chi connectivity index (χ3v) is 4.43. The van der Waals surface area contributed by atoms with Crippen molar-refractivity contribution in [2.45, 2.75) is 53.0 Å². The Morgan fingerprint density at radius 3 is 2.89 bits per heavy atom. The fourth-order valence-electron chi connectivity index (χ4n) is 2.99. The van der Waals surface area contributed by atoms with E-state index in [2.05, 4.69) is 18.9 Å². The Kier molecular flexibility index (Phi) is 3.81. The standard InChI is InChI=1S/C14H21ClN2O/c1-4-17-12(11(15)9-16-17)13(18)10-7-5-6-8-14(10,2)3/h9-10H,4-8H2,1-3H3. The third-order valence-electron chi connectivity index (χ3n) is 4.15. The normalized spacial score (nSPS) is 23.0. The summed E-state index contributed by atoms with van der Waals surface area (Å²) in [5.74, 6) is 0.245. The van der Waals surface area contributed by atoms with Crippen LogP contribution in [0.3, 0.4) is 0 Å². The Balaban J connectivity index is 2.33. The Hall–Kier alpha value is -0.830. The molecular weight excluding hydrogens is 248 g/mol. The summed E-state index contributed by atoms with van der Waals surface area (Å²) in [6, 6.07) is 0. The molecule has 1 aromatic rings. The molecule has 0 N–H and O–H groups in total. The van der Waals surface area contributed by atoms with Crippen LogP contribution in [0.5, 0.6) is 0 Å². The molecule has 0 aliphatic heterocycles. The molecule has 100 valence electrons. The number of carbonyl (C=O) groups is 1. The van der Waals surface area contributed by atoms with E-state index in [-0.39, 0.29) is 17.1 Å². The van der Waals surface area contributed by atoms with E-state index in [1.165, 1.54) is 6.42 Å². The first-order valence-electron chi connectivity index (χ1n) is 6.73. The van der Waals surface area contributed by atoms with Gasteiger partial charge in [0.05, 0.1) is 11.2 Å². The SMILES string of the molecule is CCn1ncc(Cl)c1C(=O)C1CCCCC1(C)C. The molecule has 3 nitrogen and oxygen atoms in total. The number of ketones is 1. The van der Waals surface area contributed by atoms with Crippen molar-refractivity contribution in [3.63, 3.8) is 0 Å². The highest BCUT2D eigenvalue weighted by Crippen LogP contribution is 2.42. The molecule has 18 heavy (non-hydrogen) atoms. The third kappa shape index (κ3) is 2.33. The lowest BCUT2D eigenvalue weighted by Crippen LogP contribution is -2.35. The van der Waals surface area contributed by atoms with Gasteiger partial charge in [-0.2, -0.15) is 5.10 Å². The van der Waals surface area contributed by atoms with Crippen LogP contribution in [0, 0.1) is 11.3 Å². The minimum absolute atomic E-state index is 0.0709. The minimum atomic E-state index is 0.0709. The maximum absolute atomic E-state index is 12.7. The van der Waals surface area contributed by atoms with Crippen LogP contribution in [0.2, 0.25) is 5.02 Å². The van der Waals surface area contributed by atoms with Crippen molar-refractivity contribution in [2.24, 2.45) is 11.3 Å². The van der Waals surface area contributed by atoms with Gasteiger partial charge in [0.1, 0.15) is 5.69 Å². The monoisotopic (exact) mass is 268 g/mol. The molecular formula is C14H21ClN2O. The summed E-state index contributed by atoms with van der Waals surface area (Å²) in [7, 11) is 0. The lowest BCUT2D eigenvalue weighted by atomic mass is 9.67. The molecule has 0 bridgehead atoms. The fraction of sp³-hybridized carbons (Fsp3) is 0.714. The molecule has 1 unspecified atom stereocenters. The number of halogens is 1. The summed E-state index contributed by atoms with van der Waals surface area (Å²) >= 11 is 6.13. The molecule has 1 saturated carbocycles. The first-order valence-corrected chi connectivity index (χ1v) is 7.10. The zero-order chi connectivity index (χ0) is 13.3. The molecule has 0 saturated heterocycles. The van der Waals surface area contributed by atoms with E-state index in [0.29, 0.717) is 17.3 Å². The van der Waals surface area contributed by atoms with Gasteiger partial charge in [-0.3, -0.25) is 9.48 Å². The van der Waals surface area contributed by atoms with Gasteiger partial charge in [0.15, 0.2) is 5.78 Å². The number of nitrogens with zero attached hydrogens (tertiary/aromatic N) is 2. The van der Waals surface area contributed by atoms with E-state index in [0.717, 1.165) is 19.3 Å². The van der Waals surface area contributed by atoms with E-state index in [1.54, 1.807) is 10.9 Å². The number of Topliss-reactive ketones (excluding diaryl/α,β-unsaturated/α-hetero) is 1. The second-order valence-corrected chi connectivity index (χ2v) is 6.22. The highest BCUT2D eigenvalue weighted by atomic mass is 35.5. The van der Waals surface area contributed by atoms with Crippen LogP contribution in [0.1, 0.15) is 56.9 Å². The predicted octanol–water partition coefficient (Wildman–Crippen LogP) is 3.96. The molecule has 4 heteroatoms. The summed E-state index contributed by atoms with van der Waals surface area (Å²) in [6.07, 6.45) is 6.02. The maximum atomic E-state index is 12.7. The zero-order valence-electron chi connectivity index (χ0n) is 11.4. The van der Waals surface area contributed by atoms with E-state index < -0.39 is 0 Å². The van der Waals surface area contributed by atoms with Crippen molar-refractivity contribution in [2.75, 3.05) is 0 Å². The summed E-state index contributed by atoms with van der Waals surface area (Å²) in [5.41, 5.74) is 0.667. The number of rotatable bonds is 3. The van der Waals surface area contributed by atoms with Gasteiger partial charge >= 0.3 is 0 Å².